The number of benzene rings is 8. The topological polar surface area (TPSA) is 0 Å². The molecule has 494 valence electrons. The summed E-state index contributed by atoms with van der Waals surface area (Å²) in [6, 6.07) is 63.8. The molecule has 0 fully saturated rings. The zero-order valence-electron chi connectivity index (χ0n) is 61.3. The van der Waals surface area contributed by atoms with Crippen molar-refractivity contribution in [1.82, 2.24) is 0 Å². The number of fused-ring (bicyclic) bond motifs is 17. The van der Waals surface area contributed by atoms with Crippen LogP contribution in [-0.4, -0.2) is 7.80 Å². The van der Waals surface area contributed by atoms with Crippen LogP contribution >= 0.6 is 0 Å². The molecule has 0 N–H and O–H groups in total. The fraction of sp³-hybridized carbons (Fsp3) is 0.348. The molecule has 0 nitrogen and oxygen atoms in total. The van der Waals surface area contributed by atoms with E-state index in [2.05, 4.69) is 336 Å². The van der Waals surface area contributed by atoms with Gasteiger partial charge in [0.25, 0.3) is 0 Å². The molecule has 0 amide bonds. The normalized spacial score (nSPS) is 12.6. The monoisotopic (exact) mass is 2270 g/mol. The maximum atomic E-state index is 2.48. The summed E-state index contributed by atoms with van der Waals surface area (Å²) in [5.74, 6) is 0. The third kappa shape index (κ3) is 22.3. The average molecular weight is 2270 g/mol. The summed E-state index contributed by atoms with van der Waals surface area (Å²) < 4.78 is 8.90. The van der Waals surface area contributed by atoms with Gasteiger partial charge in [0, 0.05) is 0 Å². The SMILES string of the molecule is CC(C)(C)C.CC(C)(C)C.CC(C)(C)C.CC(C)(C)C.CC(C)(C)C.CC(C)(C)C.[W]=[C]1c2ccccc2-c2cc3c(cc21)-c1cc2c(cc1C3)-c1ccccc1[C]2=[W].[W]=[c]1c2ccccc2c2cc3[c](=[W])c4ccccc4c3cc12.[W]=[c]1ccc2cc3[c](=[W])ccc3cc12. The summed E-state index contributed by atoms with van der Waals surface area (Å²) in [4.78, 5) is 0. The van der Waals surface area contributed by atoms with Crippen molar-refractivity contribution in [1.29, 1.82) is 0 Å². The first-order valence-electron chi connectivity index (χ1n) is 33.4. The Labute approximate surface area is 637 Å². The van der Waals surface area contributed by atoms with Crippen molar-refractivity contribution in [2.45, 2.75) is 173 Å². The van der Waals surface area contributed by atoms with Crippen molar-refractivity contribution in [3.8, 4) is 33.4 Å². The van der Waals surface area contributed by atoms with E-state index < -0.39 is 0 Å². The number of hydrogen-bond donors (Lipinski definition) is 0. The van der Waals surface area contributed by atoms with E-state index in [1.165, 1.54) is 153 Å². The fourth-order valence-electron chi connectivity index (χ4n) is 10.6. The molecular formula is C89H102W6. The number of hydrogen-bond acceptors (Lipinski definition) is 0. The van der Waals surface area contributed by atoms with Gasteiger partial charge in [0.1, 0.15) is 0 Å². The standard InChI is InChI=1S/C27H14.C20H10.C12H6.6C5H12.6W/c1-3-7-22-16(5-1)9-18-14-26-20(12-24(18)22)11-21-13-25-19(15-27(21)26)10-17-6-2-4-8-23(17)25;1-3-7-17-13(5-1)9-15-11-20-16(12-19(15)17)10-14-6-2-4-8-18(14)20;1-3-9-7-11-5-2-6-12(11)8-10(9)4-1;6*1-5(2,3)4;;;;;;/h1-8,12-15H,11H2;1-8,11-12H;1-3,6-8H;6*1-4H3;;;;;;. The molecule has 0 aliphatic heterocycles. The molecule has 0 unspecified atom stereocenters. The Bertz CT molecular complexity index is 4570. The Morgan fingerprint density at radius 3 is 0.768 bits per heavy atom. The van der Waals surface area contributed by atoms with Crippen molar-refractivity contribution in [3.05, 3.63) is 217 Å². The molecule has 0 saturated heterocycles. The third-order valence-corrected chi connectivity index (χ3v) is 22.6. The summed E-state index contributed by atoms with van der Waals surface area (Å²) in [7, 11) is 0. The first kappa shape index (κ1) is 78.9. The second-order valence-electron chi connectivity index (χ2n) is 35.2. The van der Waals surface area contributed by atoms with E-state index >= 15 is 0 Å². The van der Waals surface area contributed by atoms with Gasteiger partial charge in [-0.05, 0) is 32.5 Å². The van der Waals surface area contributed by atoms with Crippen LogP contribution in [0.3, 0.4) is 0 Å². The van der Waals surface area contributed by atoms with Crippen molar-refractivity contribution in [2.75, 3.05) is 0 Å². The quantitative estimate of drug-likeness (QED) is 0.142. The van der Waals surface area contributed by atoms with Gasteiger partial charge in [-0.2, -0.15) is 0 Å². The van der Waals surface area contributed by atoms with Crippen LogP contribution < -0.4 is 0 Å². The summed E-state index contributed by atoms with van der Waals surface area (Å²) in [6.07, 6.45) is 1.05. The summed E-state index contributed by atoms with van der Waals surface area (Å²) in [6.45, 7) is 52.5. The van der Waals surface area contributed by atoms with Crippen LogP contribution in [0.4, 0.5) is 0 Å². The van der Waals surface area contributed by atoms with Gasteiger partial charge in [-0.1, -0.05) is 166 Å². The van der Waals surface area contributed by atoms with Gasteiger partial charge in [-0.15, -0.1) is 0 Å². The second kappa shape index (κ2) is 31.6. The molecule has 6 heteroatoms. The van der Waals surface area contributed by atoms with Gasteiger partial charge >= 0.3 is 446 Å². The van der Waals surface area contributed by atoms with Crippen LogP contribution in [-0.2, 0) is 123 Å². The summed E-state index contributed by atoms with van der Waals surface area (Å²) in [5, 5.41) is 17.1. The Hall–Kier alpha value is -3.41. The fourth-order valence-corrected chi connectivity index (χ4v) is 17.4. The van der Waals surface area contributed by atoms with Crippen molar-refractivity contribution in [3.63, 3.8) is 0 Å². The molecule has 3 aliphatic rings. The molecule has 12 aromatic carbocycles. The van der Waals surface area contributed by atoms with Gasteiger partial charge < -0.3 is 0 Å². The molecule has 0 saturated carbocycles. The first-order valence-corrected chi connectivity index (χ1v) is 42.2. The van der Waals surface area contributed by atoms with E-state index in [9.17, 15) is 0 Å². The van der Waals surface area contributed by atoms with Crippen LogP contribution in [0.15, 0.2) is 170 Å². The zero-order chi connectivity index (χ0) is 70.8. The zero-order valence-corrected chi connectivity index (χ0v) is 78.9. The van der Waals surface area contributed by atoms with Crippen LogP contribution in [0.25, 0.3) is 98.0 Å². The van der Waals surface area contributed by atoms with Crippen molar-refractivity contribution >= 4 is 72.4 Å². The van der Waals surface area contributed by atoms with E-state index in [0.29, 0.717) is 32.5 Å². The first-order chi connectivity index (χ1) is 43.7. The minimum absolute atomic E-state index is 0.500. The molecule has 15 rings (SSSR count). The summed E-state index contributed by atoms with van der Waals surface area (Å²) in [5.41, 5.74) is 20.3. The predicted octanol–water partition coefficient (Wildman–Crippen LogP) is 26.1. The molecule has 0 heterocycles. The van der Waals surface area contributed by atoms with Crippen molar-refractivity contribution in [2.24, 2.45) is 32.5 Å². The van der Waals surface area contributed by atoms with Crippen molar-refractivity contribution < 1.29 is 116 Å². The van der Waals surface area contributed by atoms with Crippen LogP contribution in [0, 0.1) is 46.7 Å². The molecule has 12 aromatic rings. The Kier molecular flexibility index (Phi) is 26.3. The van der Waals surface area contributed by atoms with Gasteiger partial charge in [0.05, 0.1) is 0 Å². The van der Waals surface area contributed by atoms with E-state index in [4.69, 9.17) is 0 Å². The van der Waals surface area contributed by atoms with Gasteiger partial charge in [0.2, 0.25) is 0 Å². The Morgan fingerprint density at radius 1 is 0.211 bits per heavy atom. The molecule has 0 radical (unpaired) electrons. The van der Waals surface area contributed by atoms with Crippen LogP contribution in [0.5, 0.6) is 0 Å². The van der Waals surface area contributed by atoms with Gasteiger partial charge in [0.15, 0.2) is 0 Å². The molecule has 0 atom stereocenters. The molecule has 3 aliphatic carbocycles. The second-order valence-corrected chi connectivity index (χ2v) is 44.2. The number of rotatable bonds is 0. The Morgan fingerprint density at radius 2 is 0.474 bits per heavy atom. The maximum absolute atomic E-state index is 2.48. The van der Waals surface area contributed by atoms with Gasteiger partial charge in [-0.3, -0.25) is 0 Å². The molecule has 0 aromatic heterocycles. The molecule has 0 spiro atoms. The minimum atomic E-state index is 0.500. The molecular weight excluding hydrogens is 2170 g/mol. The molecule has 0 bridgehead atoms. The summed E-state index contributed by atoms with van der Waals surface area (Å²) >= 11 is 9.34. The molecule has 95 heavy (non-hydrogen) atoms. The Balaban J connectivity index is 0.000000171. The van der Waals surface area contributed by atoms with Crippen LogP contribution in [0.2, 0.25) is 0 Å². The average Bonchev–Trinajstić information content (AvgIpc) is 1.58. The van der Waals surface area contributed by atoms with E-state index in [1.807, 2.05) is 0 Å². The predicted molar refractivity (Wildman–Crippen MR) is 398 cm³/mol. The third-order valence-electron chi connectivity index (χ3n) is 13.7. The van der Waals surface area contributed by atoms with Gasteiger partial charge in [-0.25, -0.2) is 0 Å². The van der Waals surface area contributed by atoms with Crippen LogP contribution in [0.1, 0.15) is 200 Å². The van der Waals surface area contributed by atoms with E-state index in [1.54, 1.807) is 116 Å². The van der Waals surface area contributed by atoms with E-state index in [-0.39, 0.29) is 0 Å². The van der Waals surface area contributed by atoms with E-state index in [0.717, 1.165) is 6.42 Å².